The Labute approximate surface area is 145 Å². The summed E-state index contributed by atoms with van der Waals surface area (Å²) in [4.78, 5) is 18.7. The zero-order valence-electron chi connectivity index (χ0n) is 13.8. The third-order valence-corrected chi connectivity index (χ3v) is 5.35. The topological polar surface area (TPSA) is 62.7 Å². The second-order valence-electron chi connectivity index (χ2n) is 6.02. The SMILES string of the molecule is COC(=O)c1cccc(-c2nc(CN3CCCCC3CO)cs2)c1. The molecule has 1 N–H and O–H groups in total. The zero-order valence-corrected chi connectivity index (χ0v) is 14.6. The van der Waals surface area contributed by atoms with E-state index in [0.29, 0.717) is 5.56 Å². The molecule has 0 aliphatic carbocycles. The van der Waals surface area contributed by atoms with Crippen molar-refractivity contribution in [3.8, 4) is 10.6 Å². The number of piperidine rings is 1. The number of hydrogen-bond donors (Lipinski definition) is 1. The van der Waals surface area contributed by atoms with Crippen LogP contribution >= 0.6 is 11.3 Å². The molecule has 0 spiro atoms. The van der Waals surface area contributed by atoms with Gasteiger partial charge in [0.1, 0.15) is 5.01 Å². The summed E-state index contributed by atoms with van der Waals surface area (Å²) in [6, 6.07) is 7.59. The van der Waals surface area contributed by atoms with Crippen molar-refractivity contribution < 1.29 is 14.6 Å². The first-order valence-electron chi connectivity index (χ1n) is 8.19. The number of nitrogens with zero attached hydrogens (tertiary/aromatic N) is 2. The molecule has 24 heavy (non-hydrogen) atoms. The molecule has 2 aromatic rings. The molecular weight excluding hydrogens is 324 g/mol. The Balaban J connectivity index is 1.74. The lowest BCUT2D eigenvalue weighted by Gasteiger charge is -2.33. The maximum atomic E-state index is 11.7. The predicted molar refractivity (Wildman–Crippen MR) is 94.0 cm³/mol. The molecule has 0 amide bonds. The molecule has 0 radical (unpaired) electrons. The molecule has 1 fully saturated rings. The molecule has 1 unspecified atom stereocenters. The second-order valence-corrected chi connectivity index (χ2v) is 6.88. The molecule has 1 saturated heterocycles. The third kappa shape index (κ3) is 3.83. The summed E-state index contributed by atoms with van der Waals surface area (Å²) in [5.74, 6) is -0.340. The van der Waals surface area contributed by atoms with E-state index in [0.717, 1.165) is 35.8 Å². The maximum Gasteiger partial charge on any atom is 0.337 e. The molecule has 1 aromatic heterocycles. The molecule has 1 aliphatic rings. The quantitative estimate of drug-likeness (QED) is 0.844. The number of carbonyl (C=O) groups excluding carboxylic acids is 1. The Morgan fingerprint density at radius 3 is 3.12 bits per heavy atom. The molecule has 1 aliphatic heterocycles. The van der Waals surface area contributed by atoms with Crippen LogP contribution in [0.4, 0.5) is 0 Å². The Hall–Kier alpha value is -1.76. The van der Waals surface area contributed by atoms with Crippen LogP contribution in [0.25, 0.3) is 10.6 Å². The number of carbonyl (C=O) groups is 1. The van der Waals surface area contributed by atoms with Gasteiger partial charge in [-0.1, -0.05) is 18.6 Å². The van der Waals surface area contributed by atoms with Crippen LogP contribution in [0.5, 0.6) is 0 Å². The van der Waals surface area contributed by atoms with Crippen molar-refractivity contribution in [2.75, 3.05) is 20.3 Å². The highest BCUT2D eigenvalue weighted by molar-refractivity contribution is 7.13. The third-order valence-electron chi connectivity index (χ3n) is 4.41. The number of aromatic nitrogens is 1. The fourth-order valence-electron chi connectivity index (χ4n) is 3.09. The van der Waals surface area contributed by atoms with Gasteiger partial charge in [-0.25, -0.2) is 9.78 Å². The van der Waals surface area contributed by atoms with Gasteiger partial charge in [0.15, 0.2) is 0 Å². The van der Waals surface area contributed by atoms with E-state index in [2.05, 4.69) is 10.3 Å². The van der Waals surface area contributed by atoms with Crippen molar-refractivity contribution in [3.05, 3.63) is 40.9 Å². The minimum atomic E-state index is -0.340. The van der Waals surface area contributed by atoms with Gasteiger partial charge in [0.25, 0.3) is 0 Å². The number of esters is 1. The highest BCUT2D eigenvalue weighted by atomic mass is 32.1. The Morgan fingerprint density at radius 2 is 2.33 bits per heavy atom. The van der Waals surface area contributed by atoms with Gasteiger partial charge in [-0.05, 0) is 31.5 Å². The van der Waals surface area contributed by atoms with Gasteiger partial charge in [0.2, 0.25) is 0 Å². The van der Waals surface area contributed by atoms with Crippen LogP contribution in [0.1, 0.15) is 35.3 Å². The van der Waals surface area contributed by atoms with E-state index in [1.807, 2.05) is 18.2 Å². The minimum Gasteiger partial charge on any atom is -0.465 e. The van der Waals surface area contributed by atoms with Crippen molar-refractivity contribution in [3.63, 3.8) is 0 Å². The monoisotopic (exact) mass is 346 g/mol. The van der Waals surface area contributed by atoms with Crippen molar-refractivity contribution in [1.82, 2.24) is 9.88 Å². The Morgan fingerprint density at radius 1 is 1.46 bits per heavy atom. The number of ether oxygens (including phenoxy) is 1. The first-order chi connectivity index (χ1) is 11.7. The van der Waals surface area contributed by atoms with E-state index in [4.69, 9.17) is 9.72 Å². The van der Waals surface area contributed by atoms with Gasteiger partial charge in [-0.15, -0.1) is 11.3 Å². The summed E-state index contributed by atoms with van der Waals surface area (Å²) >= 11 is 1.58. The summed E-state index contributed by atoms with van der Waals surface area (Å²) in [6.45, 7) is 1.98. The molecule has 5 nitrogen and oxygen atoms in total. The summed E-state index contributed by atoms with van der Waals surface area (Å²) in [6.07, 6.45) is 3.41. The van der Waals surface area contributed by atoms with Crippen LogP contribution in [0.15, 0.2) is 29.6 Å². The van der Waals surface area contributed by atoms with Gasteiger partial charge < -0.3 is 9.84 Å². The Bertz CT molecular complexity index is 701. The number of hydrogen-bond acceptors (Lipinski definition) is 6. The highest BCUT2D eigenvalue weighted by Gasteiger charge is 2.22. The first-order valence-corrected chi connectivity index (χ1v) is 9.07. The van der Waals surface area contributed by atoms with Crippen molar-refractivity contribution in [1.29, 1.82) is 0 Å². The number of thiazole rings is 1. The average molecular weight is 346 g/mol. The molecule has 128 valence electrons. The van der Waals surface area contributed by atoms with Gasteiger partial charge in [-0.2, -0.15) is 0 Å². The Kier molecular flexibility index (Phi) is 5.60. The summed E-state index contributed by atoms with van der Waals surface area (Å²) in [5.41, 5.74) is 2.47. The number of aliphatic hydroxyl groups is 1. The van der Waals surface area contributed by atoms with Crippen molar-refractivity contribution in [2.24, 2.45) is 0 Å². The lowest BCUT2D eigenvalue weighted by molar-refractivity contribution is 0.0601. The minimum absolute atomic E-state index is 0.207. The van der Waals surface area contributed by atoms with Crippen LogP contribution in [-0.2, 0) is 11.3 Å². The van der Waals surface area contributed by atoms with E-state index in [1.54, 1.807) is 17.4 Å². The molecule has 1 atom stereocenters. The van der Waals surface area contributed by atoms with Gasteiger partial charge in [-0.3, -0.25) is 4.90 Å². The predicted octanol–water partition coefficient (Wildman–Crippen LogP) is 2.94. The van der Waals surface area contributed by atoms with E-state index < -0.39 is 0 Å². The summed E-state index contributed by atoms with van der Waals surface area (Å²) in [7, 11) is 1.38. The highest BCUT2D eigenvalue weighted by Crippen LogP contribution is 2.26. The van der Waals surface area contributed by atoms with Crippen LogP contribution in [-0.4, -0.2) is 47.3 Å². The number of benzene rings is 1. The lowest BCUT2D eigenvalue weighted by atomic mass is 10.0. The number of rotatable bonds is 5. The molecule has 0 bridgehead atoms. The van der Waals surface area contributed by atoms with Crippen LogP contribution < -0.4 is 0 Å². The molecule has 2 heterocycles. The number of aliphatic hydroxyl groups excluding tert-OH is 1. The number of methoxy groups -OCH3 is 1. The molecule has 0 saturated carbocycles. The van der Waals surface area contributed by atoms with Crippen molar-refractivity contribution >= 4 is 17.3 Å². The van der Waals surface area contributed by atoms with Crippen LogP contribution in [0, 0.1) is 0 Å². The van der Waals surface area contributed by atoms with E-state index in [1.165, 1.54) is 20.0 Å². The number of likely N-dealkylation sites (tertiary alicyclic amines) is 1. The van der Waals surface area contributed by atoms with Gasteiger partial charge in [0.05, 0.1) is 25.0 Å². The molecular formula is C18H22N2O3S. The molecule has 6 heteroatoms. The summed E-state index contributed by atoms with van der Waals surface area (Å²) < 4.78 is 4.77. The van der Waals surface area contributed by atoms with Gasteiger partial charge in [0, 0.05) is 23.5 Å². The smallest absolute Gasteiger partial charge is 0.337 e. The van der Waals surface area contributed by atoms with Gasteiger partial charge >= 0.3 is 5.97 Å². The standard InChI is InChI=1S/C18H22N2O3S/c1-23-18(22)14-6-4-5-13(9-14)17-19-15(12-24-17)10-20-8-3-2-7-16(20)11-21/h4-6,9,12,16,21H,2-3,7-8,10-11H2,1H3. The second kappa shape index (κ2) is 7.88. The normalized spacial score (nSPS) is 18.5. The molecule has 3 rings (SSSR count). The molecule has 1 aromatic carbocycles. The van der Waals surface area contributed by atoms with E-state index >= 15 is 0 Å². The largest absolute Gasteiger partial charge is 0.465 e. The fraction of sp³-hybridized carbons (Fsp3) is 0.444. The van der Waals surface area contributed by atoms with Crippen LogP contribution in [0.2, 0.25) is 0 Å². The summed E-state index contributed by atoms with van der Waals surface area (Å²) in [5, 5.41) is 12.5. The van der Waals surface area contributed by atoms with Crippen molar-refractivity contribution in [2.45, 2.75) is 31.8 Å². The van der Waals surface area contributed by atoms with E-state index in [9.17, 15) is 9.90 Å². The maximum absolute atomic E-state index is 11.7. The zero-order chi connectivity index (χ0) is 16.9. The lowest BCUT2D eigenvalue weighted by Crippen LogP contribution is -2.41. The fourth-order valence-corrected chi connectivity index (χ4v) is 3.90. The average Bonchev–Trinajstić information content (AvgIpc) is 3.10. The first kappa shape index (κ1) is 17.1. The van der Waals surface area contributed by atoms with Crippen LogP contribution in [0.3, 0.4) is 0 Å². The van der Waals surface area contributed by atoms with E-state index in [-0.39, 0.29) is 18.6 Å².